The number of ether oxygens (including phenoxy) is 2. The van der Waals surface area contributed by atoms with Crippen molar-refractivity contribution in [3.8, 4) is 5.75 Å². The average molecular weight is 344 g/mol. The second-order valence-electron chi connectivity index (χ2n) is 5.38. The van der Waals surface area contributed by atoms with Crippen molar-refractivity contribution in [1.29, 1.82) is 0 Å². The molecule has 1 aromatic rings. The van der Waals surface area contributed by atoms with Gasteiger partial charge in [-0.2, -0.15) is 8.78 Å². The molecule has 0 heterocycles. The predicted molar refractivity (Wildman–Crippen MR) is 85.0 cm³/mol. The number of methoxy groups -OCH3 is 1. The number of esters is 1. The molecule has 0 aliphatic carbocycles. The van der Waals surface area contributed by atoms with E-state index in [-0.39, 0.29) is 18.2 Å². The average Bonchev–Trinajstić information content (AvgIpc) is 2.54. The number of hydrogen-bond donors (Lipinski definition) is 2. The van der Waals surface area contributed by atoms with E-state index in [0.717, 1.165) is 6.42 Å². The number of hydrogen-bond acceptors (Lipinski definition) is 5. The van der Waals surface area contributed by atoms with Gasteiger partial charge in [0, 0.05) is 5.69 Å². The topological polar surface area (TPSA) is 76.7 Å². The molecule has 6 nitrogen and oxygen atoms in total. The number of carbonyl (C=O) groups excluding carboxylic acids is 2. The first-order valence-corrected chi connectivity index (χ1v) is 7.49. The Bertz CT molecular complexity index is 552. The summed E-state index contributed by atoms with van der Waals surface area (Å²) in [6.07, 6.45) is 1.26. The molecule has 0 bridgehead atoms. The third-order valence-corrected chi connectivity index (χ3v) is 3.39. The molecule has 24 heavy (non-hydrogen) atoms. The maximum atomic E-state index is 12.1. The largest absolute Gasteiger partial charge is 0.468 e. The molecule has 2 N–H and O–H groups in total. The van der Waals surface area contributed by atoms with Crippen LogP contribution in [0.15, 0.2) is 24.3 Å². The van der Waals surface area contributed by atoms with Gasteiger partial charge in [0.25, 0.3) is 0 Å². The Morgan fingerprint density at radius 2 is 1.88 bits per heavy atom. The molecule has 0 radical (unpaired) electrons. The lowest BCUT2D eigenvalue weighted by Gasteiger charge is -2.27. The van der Waals surface area contributed by atoms with E-state index < -0.39 is 18.1 Å². The minimum Gasteiger partial charge on any atom is -0.468 e. The molecule has 0 saturated carbocycles. The number of nitrogens with one attached hydrogen (secondary N) is 2. The van der Waals surface area contributed by atoms with Crippen LogP contribution in [0.5, 0.6) is 5.75 Å². The highest BCUT2D eigenvalue weighted by Crippen LogP contribution is 2.18. The van der Waals surface area contributed by atoms with E-state index >= 15 is 0 Å². The van der Waals surface area contributed by atoms with Gasteiger partial charge in [-0.15, -0.1) is 0 Å². The standard InChI is InChI=1S/C16H22F2N2O4/c1-4-9-16(2,14(22)23-3)19-10-13(21)20-11-5-7-12(8-6-11)24-15(17)18/h5-8,15,19H,4,9-10H2,1-3H3,(H,20,21)/t16-/m0/s1. The summed E-state index contributed by atoms with van der Waals surface area (Å²) in [4.78, 5) is 23.8. The number of alkyl halides is 2. The first kappa shape index (κ1) is 19.8. The molecule has 0 aliphatic rings. The molecule has 134 valence electrons. The normalized spacial score (nSPS) is 13.2. The molecule has 1 aromatic carbocycles. The highest BCUT2D eigenvalue weighted by Gasteiger charge is 2.33. The van der Waals surface area contributed by atoms with Crippen molar-refractivity contribution in [3.05, 3.63) is 24.3 Å². The zero-order chi connectivity index (χ0) is 18.2. The van der Waals surface area contributed by atoms with E-state index in [4.69, 9.17) is 4.74 Å². The zero-order valence-electron chi connectivity index (χ0n) is 13.9. The highest BCUT2D eigenvalue weighted by molar-refractivity contribution is 5.93. The van der Waals surface area contributed by atoms with E-state index in [1.54, 1.807) is 6.92 Å². The lowest BCUT2D eigenvalue weighted by atomic mass is 9.96. The summed E-state index contributed by atoms with van der Waals surface area (Å²) in [5.74, 6) is -0.809. The monoisotopic (exact) mass is 344 g/mol. The van der Waals surface area contributed by atoms with Gasteiger partial charge in [-0.1, -0.05) is 13.3 Å². The third kappa shape index (κ3) is 6.11. The summed E-state index contributed by atoms with van der Waals surface area (Å²) in [7, 11) is 1.29. The molecule has 1 amide bonds. The van der Waals surface area contributed by atoms with Crippen LogP contribution < -0.4 is 15.4 Å². The van der Waals surface area contributed by atoms with Gasteiger partial charge < -0.3 is 14.8 Å². The summed E-state index contributed by atoms with van der Waals surface area (Å²) in [5.41, 5.74) is -0.519. The first-order valence-electron chi connectivity index (χ1n) is 7.49. The molecular formula is C16H22F2N2O4. The number of halogens is 2. The van der Waals surface area contributed by atoms with Crippen LogP contribution in [0.4, 0.5) is 14.5 Å². The van der Waals surface area contributed by atoms with Crippen molar-refractivity contribution in [2.75, 3.05) is 19.0 Å². The summed E-state index contributed by atoms with van der Waals surface area (Å²) >= 11 is 0. The van der Waals surface area contributed by atoms with Gasteiger partial charge in [-0.05, 0) is 37.6 Å². The van der Waals surface area contributed by atoms with Crippen molar-refractivity contribution in [2.45, 2.75) is 38.8 Å². The lowest BCUT2D eigenvalue weighted by Crippen LogP contribution is -2.52. The van der Waals surface area contributed by atoms with Crippen molar-refractivity contribution >= 4 is 17.6 Å². The summed E-state index contributed by atoms with van der Waals surface area (Å²) in [5, 5.41) is 5.49. The van der Waals surface area contributed by atoms with Crippen LogP contribution >= 0.6 is 0 Å². The molecule has 8 heteroatoms. The number of carbonyl (C=O) groups is 2. The van der Waals surface area contributed by atoms with Crippen LogP contribution in [-0.2, 0) is 14.3 Å². The summed E-state index contributed by atoms with van der Waals surface area (Å²) < 4.78 is 33.1. The third-order valence-electron chi connectivity index (χ3n) is 3.39. The first-order chi connectivity index (χ1) is 11.3. The van der Waals surface area contributed by atoms with Gasteiger partial charge in [0.2, 0.25) is 5.91 Å². The number of anilines is 1. The quantitative estimate of drug-likeness (QED) is 0.673. The van der Waals surface area contributed by atoms with Crippen LogP contribution in [-0.4, -0.2) is 37.7 Å². The fourth-order valence-electron chi connectivity index (χ4n) is 2.19. The number of rotatable bonds is 9. The second kappa shape index (κ2) is 9.17. The molecular weight excluding hydrogens is 322 g/mol. The minimum atomic E-state index is -2.90. The van der Waals surface area contributed by atoms with Crippen molar-refractivity contribution in [3.63, 3.8) is 0 Å². The number of amides is 1. The van der Waals surface area contributed by atoms with Crippen LogP contribution in [0, 0.1) is 0 Å². The zero-order valence-corrected chi connectivity index (χ0v) is 13.9. The Morgan fingerprint density at radius 3 is 2.38 bits per heavy atom. The molecule has 0 unspecified atom stereocenters. The Balaban J connectivity index is 2.57. The van der Waals surface area contributed by atoms with Crippen LogP contribution in [0.2, 0.25) is 0 Å². The summed E-state index contributed by atoms with van der Waals surface area (Å²) in [6.45, 7) is 0.600. The van der Waals surface area contributed by atoms with Crippen LogP contribution in [0.25, 0.3) is 0 Å². The second-order valence-corrected chi connectivity index (χ2v) is 5.38. The SMILES string of the molecule is CCC[C@](C)(NCC(=O)Nc1ccc(OC(F)F)cc1)C(=O)OC. The smallest absolute Gasteiger partial charge is 0.387 e. The Hall–Kier alpha value is -2.22. The van der Waals surface area contributed by atoms with Crippen LogP contribution in [0.1, 0.15) is 26.7 Å². The van der Waals surface area contributed by atoms with Crippen molar-refractivity contribution < 1.29 is 27.8 Å². The number of benzene rings is 1. The Morgan fingerprint density at radius 1 is 1.25 bits per heavy atom. The molecule has 1 atom stereocenters. The van der Waals surface area contributed by atoms with E-state index in [1.165, 1.54) is 31.4 Å². The fourth-order valence-corrected chi connectivity index (χ4v) is 2.19. The van der Waals surface area contributed by atoms with E-state index in [2.05, 4.69) is 15.4 Å². The Labute approximate surface area is 139 Å². The van der Waals surface area contributed by atoms with Crippen LogP contribution in [0.3, 0.4) is 0 Å². The van der Waals surface area contributed by atoms with Gasteiger partial charge >= 0.3 is 12.6 Å². The Kier molecular flexibility index (Phi) is 7.57. The molecule has 0 saturated heterocycles. The van der Waals surface area contributed by atoms with Crippen molar-refractivity contribution in [1.82, 2.24) is 5.32 Å². The molecule has 1 rings (SSSR count). The molecule has 0 spiro atoms. The van der Waals surface area contributed by atoms with E-state index in [0.29, 0.717) is 12.1 Å². The maximum absolute atomic E-state index is 12.1. The van der Waals surface area contributed by atoms with E-state index in [1.807, 2.05) is 6.92 Å². The highest BCUT2D eigenvalue weighted by atomic mass is 19.3. The van der Waals surface area contributed by atoms with Gasteiger partial charge in [0.05, 0.1) is 13.7 Å². The maximum Gasteiger partial charge on any atom is 0.387 e. The van der Waals surface area contributed by atoms with Gasteiger partial charge in [-0.25, -0.2) is 0 Å². The van der Waals surface area contributed by atoms with Crippen molar-refractivity contribution in [2.24, 2.45) is 0 Å². The van der Waals surface area contributed by atoms with E-state index in [9.17, 15) is 18.4 Å². The van der Waals surface area contributed by atoms with Gasteiger partial charge in [0.1, 0.15) is 11.3 Å². The molecule has 0 aromatic heterocycles. The van der Waals surface area contributed by atoms with Gasteiger partial charge in [-0.3, -0.25) is 14.9 Å². The summed E-state index contributed by atoms with van der Waals surface area (Å²) in [6, 6.07) is 5.54. The predicted octanol–water partition coefficient (Wildman–Crippen LogP) is 2.55. The minimum absolute atomic E-state index is 0.00216. The lowest BCUT2D eigenvalue weighted by molar-refractivity contribution is -0.148. The fraction of sp³-hybridized carbons (Fsp3) is 0.500. The van der Waals surface area contributed by atoms with Gasteiger partial charge in [0.15, 0.2) is 0 Å². The molecule has 0 fully saturated rings. The molecule has 0 aliphatic heterocycles.